The Kier molecular flexibility index (Phi) is 3.86. The number of aliphatic hydroxyl groups is 1. The van der Waals surface area contributed by atoms with Gasteiger partial charge in [0.2, 0.25) is 0 Å². The molecule has 0 spiro atoms. The van der Waals surface area contributed by atoms with Crippen molar-refractivity contribution < 1.29 is 22.5 Å². The third-order valence-corrected chi connectivity index (χ3v) is 6.65. The fraction of sp³-hybridized carbons (Fsp3) is 0.600. The smallest absolute Gasteiger partial charge is 0.161 e. The summed E-state index contributed by atoms with van der Waals surface area (Å²) in [6.45, 7) is 0. The SMILES string of the molecule is O=S1C2CCCC1CC(O)(Cc1cc(F)c(F)cc1F)C2. The number of halogens is 3. The molecule has 1 N–H and O–H groups in total. The van der Waals surface area contributed by atoms with Crippen LogP contribution in [0, 0.1) is 17.5 Å². The maximum atomic E-state index is 13.7. The van der Waals surface area contributed by atoms with E-state index in [-0.39, 0.29) is 22.5 Å². The van der Waals surface area contributed by atoms with E-state index in [1.165, 1.54) is 0 Å². The van der Waals surface area contributed by atoms with E-state index >= 15 is 0 Å². The zero-order chi connectivity index (χ0) is 15.2. The minimum absolute atomic E-state index is 0.0258. The summed E-state index contributed by atoms with van der Waals surface area (Å²) in [5.74, 6) is -3.20. The molecule has 2 bridgehead atoms. The molecule has 0 saturated carbocycles. The van der Waals surface area contributed by atoms with Crippen molar-refractivity contribution in [3.05, 3.63) is 35.1 Å². The van der Waals surface area contributed by atoms with Gasteiger partial charge < -0.3 is 5.11 Å². The molecule has 0 radical (unpaired) electrons. The Morgan fingerprint density at radius 2 is 1.67 bits per heavy atom. The van der Waals surface area contributed by atoms with Crippen molar-refractivity contribution in [1.29, 1.82) is 0 Å². The zero-order valence-corrected chi connectivity index (χ0v) is 12.3. The molecule has 0 aliphatic carbocycles. The Balaban J connectivity index is 1.84. The van der Waals surface area contributed by atoms with Gasteiger partial charge in [0.15, 0.2) is 11.6 Å². The molecule has 2 fully saturated rings. The Hall–Kier alpha value is -0.880. The summed E-state index contributed by atoms with van der Waals surface area (Å²) in [4.78, 5) is 0. The van der Waals surface area contributed by atoms with Crippen LogP contribution in [0.3, 0.4) is 0 Å². The third kappa shape index (κ3) is 2.88. The van der Waals surface area contributed by atoms with E-state index in [2.05, 4.69) is 0 Å². The number of benzene rings is 1. The molecular formula is C15H17F3O2S. The second-order valence-electron chi connectivity index (χ2n) is 6.17. The number of rotatable bonds is 2. The molecule has 0 aromatic heterocycles. The van der Waals surface area contributed by atoms with Crippen LogP contribution in [0.5, 0.6) is 0 Å². The number of fused-ring (bicyclic) bond motifs is 2. The van der Waals surface area contributed by atoms with Crippen LogP contribution in [0.15, 0.2) is 12.1 Å². The highest BCUT2D eigenvalue weighted by atomic mass is 32.2. The van der Waals surface area contributed by atoms with Crippen LogP contribution in [0.1, 0.15) is 37.7 Å². The van der Waals surface area contributed by atoms with Gasteiger partial charge in [0.1, 0.15) is 5.82 Å². The van der Waals surface area contributed by atoms with E-state index in [0.29, 0.717) is 18.9 Å². The Labute approximate surface area is 123 Å². The minimum atomic E-state index is -1.23. The fourth-order valence-corrected chi connectivity index (χ4v) is 5.87. The van der Waals surface area contributed by atoms with Crippen LogP contribution in [0.25, 0.3) is 0 Å². The summed E-state index contributed by atoms with van der Waals surface area (Å²) < 4.78 is 52.1. The van der Waals surface area contributed by atoms with Gasteiger partial charge in [0, 0.05) is 33.8 Å². The van der Waals surface area contributed by atoms with Gasteiger partial charge in [-0.25, -0.2) is 13.2 Å². The molecule has 2 nitrogen and oxygen atoms in total. The maximum absolute atomic E-state index is 13.7. The van der Waals surface area contributed by atoms with Crippen LogP contribution in [-0.4, -0.2) is 25.4 Å². The minimum Gasteiger partial charge on any atom is -0.389 e. The highest BCUT2D eigenvalue weighted by molar-refractivity contribution is 7.86. The molecule has 2 atom stereocenters. The third-order valence-electron chi connectivity index (χ3n) is 4.53. The predicted octanol–water partition coefficient (Wildman–Crippen LogP) is 2.84. The molecular weight excluding hydrogens is 301 g/mol. The number of hydrogen-bond acceptors (Lipinski definition) is 2. The van der Waals surface area contributed by atoms with Crippen LogP contribution >= 0.6 is 0 Å². The standard InChI is InChI=1S/C15H17F3O2S/c16-12-5-14(18)13(17)4-9(12)6-15(19)7-10-2-1-3-11(8-15)21(10)20/h4-5,10-11,19H,1-3,6-8H2. The second-order valence-corrected chi connectivity index (χ2v) is 8.16. The Bertz CT molecular complexity index is 575. The second kappa shape index (κ2) is 5.39. The van der Waals surface area contributed by atoms with E-state index < -0.39 is 33.9 Å². The van der Waals surface area contributed by atoms with Gasteiger partial charge in [0.25, 0.3) is 0 Å². The summed E-state index contributed by atoms with van der Waals surface area (Å²) in [6, 6.07) is 1.32. The number of hydrogen-bond donors (Lipinski definition) is 1. The monoisotopic (exact) mass is 318 g/mol. The molecule has 0 amide bonds. The lowest BCUT2D eigenvalue weighted by atomic mass is 9.81. The zero-order valence-electron chi connectivity index (χ0n) is 11.4. The fourth-order valence-electron chi connectivity index (χ4n) is 3.58. The first-order chi connectivity index (χ1) is 9.88. The quantitative estimate of drug-likeness (QED) is 0.852. The molecule has 3 rings (SSSR count). The first kappa shape index (κ1) is 15.0. The maximum Gasteiger partial charge on any atom is 0.161 e. The predicted molar refractivity (Wildman–Crippen MR) is 73.8 cm³/mol. The molecule has 2 saturated heterocycles. The largest absolute Gasteiger partial charge is 0.389 e. The normalized spacial score (nSPS) is 35.7. The van der Waals surface area contributed by atoms with Crippen molar-refractivity contribution in [2.24, 2.45) is 0 Å². The Morgan fingerprint density at radius 1 is 1.10 bits per heavy atom. The highest BCUT2D eigenvalue weighted by Crippen LogP contribution is 2.41. The van der Waals surface area contributed by atoms with Gasteiger partial charge in [0.05, 0.1) is 5.60 Å². The highest BCUT2D eigenvalue weighted by Gasteiger charge is 2.45. The van der Waals surface area contributed by atoms with Crippen molar-refractivity contribution in [2.45, 2.75) is 54.6 Å². The average Bonchev–Trinajstić information content (AvgIpc) is 2.38. The van der Waals surface area contributed by atoms with Crippen LogP contribution in [0.2, 0.25) is 0 Å². The summed E-state index contributed by atoms with van der Waals surface area (Å²) >= 11 is 0. The van der Waals surface area contributed by atoms with Gasteiger partial charge in [-0.15, -0.1) is 0 Å². The van der Waals surface area contributed by atoms with Gasteiger partial charge >= 0.3 is 0 Å². The van der Waals surface area contributed by atoms with Crippen molar-refractivity contribution in [1.82, 2.24) is 0 Å². The molecule has 1 aromatic rings. The van der Waals surface area contributed by atoms with Crippen LogP contribution in [0.4, 0.5) is 13.2 Å². The molecule has 2 aliphatic heterocycles. The van der Waals surface area contributed by atoms with Crippen molar-refractivity contribution in [3.63, 3.8) is 0 Å². The van der Waals surface area contributed by atoms with Crippen molar-refractivity contribution in [2.75, 3.05) is 0 Å². The van der Waals surface area contributed by atoms with E-state index in [1.54, 1.807) is 0 Å². The molecule has 6 heteroatoms. The summed E-state index contributed by atoms with van der Waals surface area (Å²) in [5.41, 5.74) is -1.21. The topological polar surface area (TPSA) is 37.3 Å². The van der Waals surface area contributed by atoms with Crippen LogP contribution < -0.4 is 0 Å². The van der Waals surface area contributed by atoms with Gasteiger partial charge in [-0.3, -0.25) is 4.21 Å². The summed E-state index contributed by atoms with van der Waals surface area (Å²) in [7, 11) is -0.942. The first-order valence-electron chi connectivity index (χ1n) is 7.13. The lowest BCUT2D eigenvalue weighted by molar-refractivity contribution is 0.0106. The summed E-state index contributed by atoms with van der Waals surface area (Å²) in [5, 5.41) is 10.6. The van der Waals surface area contributed by atoms with Gasteiger partial charge in [-0.1, -0.05) is 6.42 Å². The van der Waals surface area contributed by atoms with E-state index in [1.807, 2.05) is 0 Å². The van der Waals surface area contributed by atoms with E-state index in [0.717, 1.165) is 25.3 Å². The van der Waals surface area contributed by atoms with E-state index in [9.17, 15) is 22.5 Å². The summed E-state index contributed by atoms with van der Waals surface area (Å²) in [6.07, 6.45) is 3.18. The average molecular weight is 318 g/mol. The van der Waals surface area contributed by atoms with Gasteiger partial charge in [-0.2, -0.15) is 0 Å². The van der Waals surface area contributed by atoms with Gasteiger partial charge in [-0.05, 0) is 37.3 Å². The first-order valence-corrected chi connectivity index (χ1v) is 8.41. The molecule has 2 unspecified atom stereocenters. The molecule has 2 heterocycles. The molecule has 21 heavy (non-hydrogen) atoms. The Morgan fingerprint density at radius 3 is 2.29 bits per heavy atom. The molecule has 2 aliphatic rings. The van der Waals surface area contributed by atoms with Crippen LogP contribution in [-0.2, 0) is 17.2 Å². The lowest BCUT2D eigenvalue weighted by Gasteiger charge is -2.43. The van der Waals surface area contributed by atoms with Crippen molar-refractivity contribution >= 4 is 10.8 Å². The van der Waals surface area contributed by atoms with Crippen molar-refractivity contribution in [3.8, 4) is 0 Å². The van der Waals surface area contributed by atoms with E-state index in [4.69, 9.17) is 0 Å². The lowest BCUT2D eigenvalue weighted by Crippen LogP contribution is -2.50. The molecule has 116 valence electrons. The molecule has 1 aromatic carbocycles.